The van der Waals surface area contributed by atoms with Gasteiger partial charge in [0, 0.05) is 18.3 Å². The molecule has 0 bridgehead atoms. The molecule has 10 heteroatoms. The molecule has 1 aliphatic rings. The predicted octanol–water partition coefficient (Wildman–Crippen LogP) is 5.94. The highest BCUT2D eigenvalue weighted by Gasteiger charge is 2.31. The zero-order valence-corrected chi connectivity index (χ0v) is 22.4. The Morgan fingerprint density at radius 2 is 1.76 bits per heavy atom. The second-order valence-electron chi connectivity index (χ2n) is 8.78. The first-order valence-electron chi connectivity index (χ1n) is 11.9. The van der Waals surface area contributed by atoms with Gasteiger partial charge in [-0.05, 0) is 66.6 Å². The van der Waals surface area contributed by atoms with E-state index in [1.807, 2.05) is 54.6 Å². The molecule has 0 saturated heterocycles. The van der Waals surface area contributed by atoms with Gasteiger partial charge in [0.15, 0.2) is 5.13 Å². The minimum Gasteiger partial charge on any atom is -0.278 e. The highest BCUT2D eigenvalue weighted by atomic mass is 35.5. The van der Waals surface area contributed by atoms with Crippen molar-refractivity contribution in [1.82, 2.24) is 9.97 Å². The minimum absolute atomic E-state index is 0.133. The largest absolute Gasteiger partial charge is 0.278 e. The first-order chi connectivity index (χ1) is 18.4. The maximum Gasteiger partial charge on any atom is 0.264 e. The minimum atomic E-state index is -3.76. The van der Waals surface area contributed by atoms with Crippen molar-refractivity contribution in [3.8, 4) is 0 Å². The molecule has 1 aliphatic heterocycles. The van der Waals surface area contributed by atoms with Crippen LogP contribution >= 0.6 is 22.9 Å². The topological polar surface area (TPSA) is 83.5 Å². The average Bonchev–Trinajstić information content (AvgIpc) is 3.58. The molecule has 0 saturated carbocycles. The van der Waals surface area contributed by atoms with Crippen LogP contribution in [0.1, 0.15) is 21.6 Å². The second-order valence-corrected chi connectivity index (χ2v) is 12.1. The van der Waals surface area contributed by atoms with E-state index in [1.165, 1.54) is 27.8 Å². The maximum absolute atomic E-state index is 13.8. The molecule has 0 N–H and O–H groups in total. The Bertz CT molecular complexity index is 1760. The number of amides is 1. The van der Waals surface area contributed by atoms with Crippen LogP contribution in [-0.4, -0.2) is 30.8 Å². The van der Waals surface area contributed by atoms with Crippen molar-refractivity contribution in [2.75, 3.05) is 15.7 Å². The third-order valence-corrected chi connectivity index (χ3v) is 9.59. The molecule has 0 radical (unpaired) electrons. The van der Waals surface area contributed by atoms with E-state index in [0.29, 0.717) is 45.6 Å². The van der Waals surface area contributed by atoms with Crippen LogP contribution in [-0.2, 0) is 23.0 Å². The summed E-state index contributed by atoms with van der Waals surface area (Å²) < 4.78 is 29.1. The SMILES string of the molecule is O=C(c1ccc(S(=O)(=O)N2CCc3ccccc32)cc1)N(Cc1ccccn1)c1nc2c(Cl)cccc2s1. The van der Waals surface area contributed by atoms with E-state index in [9.17, 15) is 13.2 Å². The van der Waals surface area contributed by atoms with E-state index in [2.05, 4.69) is 9.97 Å². The van der Waals surface area contributed by atoms with E-state index in [4.69, 9.17) is 11.6 Å². The number of hydrogen-bond donors (Lipinski definition) is 0. The molecule has 3 aromatic carbocycles. The number of sulfonamides is 1. The molecule has 0 aliphatic carbocycles. The summed E-state index contributed by atoms with van der Waals surface area (Å²) >= 11 is 7.70. The van der Waals surface area contributed by atoms with Crippen LogP contribution in [0.15, 0.2) is 96.0 Å². The molecule has 5 aromatic rings. The van der Waals surface area contributed by atoms with Gasteiger partial charge in [0.2, 0.25) is 0 Å². The zero-order valence-electron chi connectivity index (χ0n) is 20.0. The zero-order chi connectivity index (χ0) is 26.3. The summed E-state index contributed by atoms with van der Waals surface area (Å²) in [5.74, 6) is -0.318. The summed E-state index contributed by atoms with van der Waals surface area (Å²) in [6.07, 6.45) is 2.34. The maximum atomic E-state index is 13.8. The number of pyridine rings is 1. The van der Waals surface area contributed by atoms with Crippen molar-refractivity contribution < 1.29 is 13.2 Å². The lowest BCUT2D eigenvalue weighted by atomic mass is 10.2. The summed E-state index contributed by atoms with van der Waals surface area (Å²) in [6, 6.07) is 24.6. The van der Waals surface area contributed by atoms with Crippen molar-refractivity contribution in [3.63, 3.8) is 0 Å². The standard InChI is InChI=1S/C28H21ClN4O3S2/c29-23-8-5-10-25-26(23)31-28(37-25)32(18-21-7-3-4-16-30-21)27(34)20-11-13-22(14-12-20)38(35,36)33-17-15-19-6-1-2-9-24(19)33/h1-14,16H,15,17-18H2. The molecule has 0 unspecified atom stereocenters. The number of halogens is 1. The average molecular weight is 561 g/mol. The van der Waals surface area contributed by atoms with Gasteiger partial charge in [0.05, 0.1) is 32.5 Å². The van der Waals surface area contributed by atoms with Crippen molar-refractivity contribution in [2.45, 2.75) is 17.9 Å². The lowest BCUT2D eigenvalue weighted by Gasteiger charge is -2.21. The van der Waals surface area contributed by atoms with Crippen LogP contribution in [0.25, 0.3) is 10.2 Å². The number of thiazole rings is 1. The molecule has 6 rings (SSSR count). The summed E-state index contributed by atoms with van der Waals surface area (Å²) in [6.45, 7) is 0.585. The molecule has 0 spiro atoms. The van der Waals surface area contributed by atoms with Crippen LogP contribution in [0.4, 0.5) is 10.8 Å². The summed E-state index contributed by atoms with van der Waals surface area (Å²) in [5, 5.41) is 0.988. The fraction of sp³-hybridized carbons (Fsp3) is 0.107. The number of hydrogen-bond acceptors (Lipinski definition) is 6. The van der Waals surface area contributed by atoms with Crippen molar-refractivity contribution in [3.05, 3.63) is 113 Å². The number of anilines is 2. The van der Waals surface area contributed by atoms with Gasteiger partial charge >= 0.3 is 0 Å². The van der Waals surface area contributed by atoms with Crippen LogP contribution in [0.2, 0.25) is 5.02 Å². The van der Waals surface area contributed by atoms with Gasteiger partial charge in [-0.2, -0.15) is 0 Å². The molecule has 3 heterocycles. The monoisotopic (exact) mass is 560 g/mol. The van der Waals surface area contributed by atoms with Gasteiger partial charge in [-0.25, -0.2) is 13.4 Å². The van der Waals surface area contributed by atoms with Crippen LogP contribution in [0.3, 0.4) is 0 Å². The van der Waals surface area contributed by atoms with E-state index in [1.54, 1.807) is 29.3 Å². The Kier molecular flexibility index (Phi) is 6.35. The number of para-hydroxylation sites is 2. The van der Waals surface area contributed by atoms with Gasteiger partial charge in [-0.1, -0.05) is 53.3 Å². The number of carbonyl (C=O) groups is 1. The second kappa shape index (κ2) is 9.83. The molecule has 0 fully saturated rings. The summed E-state index contributed by atoms with van der Waals surface area (Å²) in [5.41, 5.74) is 3.36. The molecule has 190 valence electrons. The van der Waals surface area contributed by atoms with Crippen LogP contribution in [0, 0.1) is 0 Å². The molecule has 1 amide bonds. The Labute approximate surface area is 229 Å². The smallest absolute Gasteiger partial charge is 0.264 e. The number of fused-ring (bicyclic) bond motifs is 2. The lowest BCUT2D eigenvalue weighted by molar-refractivity contribution is 0.0984. The Balaban J connectivity index is 1.33. The van der Waals surface area contributed by atoms with E-state index in [-0.39, 0.29) is 17.3 Å². The van der Waals surface area contributed by atoms with Crippen molar-refractivity contribution in [1.29, 1.82) is 0 Å². The number of nitrogens with zero attached hydrogens (tertiary/aromatic N) is 4. The quantitative estimate of drug-likeness (QED) is 0.256. The first-order valence-corrected chi connectivity index (χ1v) is 14.5. The highest BCUT2D eigenvalue weighted by molar-refractivity contribution is 7.92. The fourth-order valence-electron chi connectivity index (χ4n) is 4.51. The van der Waals surface area contributed by atoms with Crippen LogP contribution < -0.4 is 9.21 Å². The Morgan fingerprint density at radius 1 is 0.974 bits per heavy atom. The molecular weight excluding hydrogens is 540 g/mol. The number of benzene rings is 3. The fourth-order valence-corrected chi connectivity index (χ4v) is 7.28. The van der Waals surface area contributed by atoms with Gasteiger partial charge in [-0.15, -0.1) is 0 Å². The first kappa shape index (κ1) is 24.5. The molecule has 38 heavy (non-hydrogen) atoms. The normalized spacial score (nSPS) is 13.0. The van der Waals surface area contributed by atoms with Crippen molar-refractivity contribution >= 4 is 59.9 Å². The van der Waals surface area contributed by atoms with Crippen molar-refractivity contribution in [2.24, 2.45) is 0 Å². The van der Waals surface area contributed by atoms with E-state index in [0.717, 1.165) is 10.3 Å². The molecule has 2 aromatic heterocycles. The van der Waals surface area contributed by atoms with Gasteiger partial charge < -0.3 is 0 Å². The molecular formula is C28H21ClN4O3S2. The third-order valence-electron chi connectivity index (χ3n) is 6.41. The van der Waals surface area contributed by atoms with Gasteiger partial charge in [0.25, 0.3) is 15.9 Å². The Morgan fingerprint density at radius 3 is 2.53 bits per heavy atom. The summed E-state index contributed by atoms with van der Waals surface area (Å²) in [7, 11) is -3.76. The lowest BCUT2D eigenvalue weighted by Crippen LogP contribution is -2.31. The number of rotatable bonds is 6. The number of carbonyl (C=O) groups excluding carboxylic acids is 1. The highest BCUT2D eigenvalue weighted by Crippen LogP contribution is 2.35. The number of aromatic nitrogens is 2. The Hall–Kier alpha value is -3.79. The van der Waals surface area contributed by atoms with Gasteiger partial charge in [0.1, 0.15) is 5.52 Å². The molecule has 7 nitrogen and oxygen atoms in total. The molecule has 0 atom stereocenters. The summed E-state index contributed by atoms with van der Waals surface area (Å²) in [4.78, 5) is 24.5. The van der Waals surface area contributed by atoms with E-state index < -0.39 is 10.0 Å². The van der Waals surface area contributed by atoms with Crippen LogP contribution in [0.5, 0.6) is 0 Å². The van der Waals surface area contributed by atoms with E-state index >= 15 is 0 Å². The third kappa shape index (κ3) is 4.42. The van der Waals surface area contributed by atoms with Gasteiger partial charge in [-0.3, -0.25) is 19.0 Å². The predicted molar refractivity (Wildman–Crippen MR) is 151 cm³/mol.